The van der Waals surface area contributed by atoms with Gasteiger partial charge in [-0.15, -0.1) is 11.3 Å². The van der Waals surface area contributed by atoms with Crippen molar-refractivity contribution in [3.8, 4) is 0 Å². The Labute approximate surface area is 134 Å². The van der Waals surface area contributed by atoms with Gasteiger partial charge in [0.05, 0.1) is 10.6 Å². The topological polar surface area (TPSA) is 101 Å². The van der Waals surface area contributed by atoms with Crippen LogP contribution in [-0.2, 0) is 20.4 Å². The monoisotopic (exact) mass is 347 g/mol. The highest BCUT2D eigenvalue weighted by molar-refractivity contribution is 7.90. The first-order valence-corrected chi connectivity index (χ1v) is 9.66. The Morgan fingerprint density at radius 2 is 1.95 bits per heavy atom. The van der Waals surface area contributed by atoms with Gasteiger partial charge in [0.1, 0.15) is 6.04 Å². The van der Waals surface area contributed by atoms with Crippen LogP contribution in [0.1, 0.15) is 41.7 Å². The molecule has 0 saturated heterocycles. The number of sulfone groups is 1. The Kier molecular flexibility index (Phi) is 6.55. The minimum atomic E-state index is -3.15. The number of aliphatic carboxylic acids is 1. The van der Waals surface area contributed by atoms with E-state index in [9.17, 15) is 18.0 Å². The highest BCUT2D eigenvalue weighted by Crippen LogP contribution is 2.20. The molecule has 0 aliphatic rings. The summed E-state index contributed by atoms with van der Waals surface area (Å²) >= 11 is 1.07. The zero-order chi connectivity index (χ0) is 16.9. The molecule has 0 bridgehead atoms. The van der Waals surface area contributed by atoms with Crippen LogP contribution in [-0.4, -0.2) is 37.2 Å². The maximum atomic E-state index is 12.1. The smallest absolute Gasteiger partial charge is 0.326 e. The van der Waals surface area contributed by atoms with E-state index in [1.54, 1.807) is 19.9 Å². The molecule has 1 aromatic heterocycles. The maximum absolute atomic E-state index is 12.1. The quantitative estimate of drug-likeness (QED) is 0.748. The minimum absolute atomic E-state index is 0.0432. The summed E-state index contributed by atoms with van der Waals surface area (Å²) < 4.78 is 23.1. The fourth-order valence-electron chi connectivity index (χ4n) is 1.79. The zero-order valence-electron chi connectivity index (χ0n) is 12.8. The van der Waals surface area contributed by atoms with Crippen LogP contribution in [0.25, 0.3) is 0 Å². The third-order valence-corrected chi connectivity index (χ3v) is 6.35. The standard InChI is InChI=1S/C14H21NO5S2/c1-4-9(3)12(14(17)18)15-13(16)11-7-6-10(21-11)8-22(19,20)5-2/h6-7,9,12H,4-5,8H2,1-3H3,(H,15,16)(H,17,18). The van der Waals surface area contributed by atoms with Crippen LogP contribution in [0.15, 0.2) is 12.1 Å². The molecule has 0 aliphatic carbocycles. The van der Waals surface area contributed by atoms with Gasteiger partial charge < -0.3 is 10.4 Å². The lowest BCUT2D eigenvalue weighted by atomic mass is 9.99. The van der Waals surface area contributed by atoms with Crippen molar-refractivity contribution in [1.29, 1.82) is 0 Å². The van der Waals surface area contributed by atoms with E-state index in [0.717, 1.165) is 11.3 Å². The van der Waals surface area contributed by atoms with Crippen LogP contribution >= 0.6 is 11.3 Å². The first-order chi connectivity index (χ1) is 10.2. The second kappa shape index (κ2) is 7.73. The van der Waals surface area contributed by atoms with E-state index in [2.05, 4.69) is 5.32 Å². The number of carboxylic acids is 1. The molecule has 2 unspecified atom stereocenters. The minimum Gasteiger partial charge on any atom is -0.480 e. The van der Waals surface area contributed by atoms with Crippen molar-refractivity contribution in [3.05, 3.63) is 21.9 Å². The van der Waals surface area contributed by atoms with Gasteiger partial charge in [0.15, 0.2) is 9.84 Å². The van der Waals surface area contributed by atoms with Crippen molar-refractivity contribution in [2.75, 3.05) is 5.75 Å². The van der Waals surface area contributed by atoms with E-state index in [-0.39, 0.29) is 17.4 Å². The highest BCUT2D eigenvalue weighted by Gasteiger charge is 2.26. The predicted octanol–water partition coefficient (Wildman–Crippen LogP) is 1.91. The molecule has 0 radical (unpaired) electrons. The number of carboxylic acid groups (broad SMARTS) is 1. The van der Waals surface area contributed by atoms with Crippen molar-refractivity contribution in [2.24, 2.45) is 5.92 Å². The van der Waals surface area contributed by atoms with Crippen molar-refractivity contribution in [3.63, 3.8) is 0 Å². The molecule has 1 rings (SSSR count). The number of hydrogen-bond donors (Lipinski definition) is 2. The van der Waals surface area contributed by atoms with Crippen LogP contribution in [0.2, 0.25) is 0 Å². The molecule has 6 nitrogen and oxygen atoms in total. The van der Waals surface area contributed by atoms with Gasteiger partial charge in [0, 0.05) is 10.6 Å². The molecule has 124 valence electrons. The van der Waals surface area contributed by atoms with E-state index in [1.807, 2.05) is 6.92 Å². The average Bonchev–Trinajstić information content (AvgIpc) is 2.91. The number of carbonyl (C=O) groups is 2. The fourth-order valence-corrected chi connectivity index (χ4v) is 4.01. The Bertz CT molecular complexity index is 635. The van der Waals surface area contributed by atoms with Gasteiger partial charge in [0.25, 0.3) is 5.91 Å². The third kappa shape index (κ3) is 5.10. The third-order valence-electron chi connectivity index (χ3n) is 3.45. The molecular weight excluding hydrogens is 326 g/mol. The molecule has 22 heavy (non-hydrogen) atoms. The molecule has 1 aromatic rings. The Balaban J connectivity index is 2.82. The number of hydrogen-bond acceptors (Lipinski definition) is 5. The van der Waals surface area contributed by atoms with Crippen molar-refractivity contribution in [2.45, 2.75) is 39.0 Å². The lowest BCUT2D eigenvalue weighted by Gasteiger charge is -2.19. The van der Waals surface area contributed by atoms with E-state index in [4.69, 9.17) is 5.11 Å². The molecule has 1 amide bonds. The number of carbonyl (C=O) groups excluding carboxylic acids is 1. The van der Waals surface area contributed by atoms with Crippen LogP contribution in [0.4, 0.5) is 0 Å². The summed E-state index contributed by atoms with van der Waals surface area (Å²) in [4.78, 5) is 24.2. The van der Waals surface area contributed by atoms with Gasteiger partial charge in [-0.05, 0) is 18.1 Å². The second-order valence-electron chi connectivity index (χ2n) is 5.12. The molecule has 1 heterocycles. The average molecular weight is 347 g/mol. The Morgan fingerprint density at radius 1 is 1.32 bits per heavy atom. The van der Waals surface area contributed by atoms with E-state index < -0.39 is 27.8 Å². The molecule has 2 atom stereocenters. The Hall–Kier alpha value is -1.41. The summed E-state index contributed by atoms with van der Waals surface area (Å²) in [6.07, 6.45) is 0.627. The first-order valence-electron chi connectivity index (χ1n) is 7.03. The summed E-state index contributed by atoms with van der Waals surface area (Å²) in [5, 5.41) is 11.7. The maximum Gasteiger partial charge on any atom is 0.326 e. The SMILES string of the molecule is CCC(C)C(NC(=O)c1ccc(CS(=O)(=O)CC)s1)C(=O)O. The van der Waals surface area contributed by atoms with Gasteiger partial charge in [-0.3, -0.25) is 4.79 Å². The van der Waals surface area contributed by atoms with Gasteiger partial charge in [0.2, 0.25) is 0 Å². The first kappa shape index (κ1) is 18.6. The normalized spacial score (nSPS) is 14.3. The Morgan fingerprint density at radius 3 is 2.45 bits per heavy atom. The molecule has 0 fully saturated rings. The van der Waals surface area contributed by atoms with E-state index >= 15 is 0 Å². The van der Waals surface area contributed by atoms with Gasteiger partial charge in [-0.1, -0.05) is 27.2 Å². The van der Waals surface area contributed by atoms with E-state index in [0.29, 0.717) is 16.2 Å². The lowest BCUT2D eigenvalue weighted by molar-refractivity contribution is -0.140. The number of rotatable bonds is 8. The lowest BCUT2D eigenvalue weighted by Crippen LogP contribution is -2.44. The summed E-state index contributed by atoms with van der Waals surface area (Å²) in [6.45, 7) is 5.18. The summed E-state index contributed by atoms with van der Waals surface area (Å²) in [6, 6.07) is 2.16. The van der Waals surface area contributed by atoms with Crippen molar-refractivity contribution >= 4 is 33.1 Å². The van der Waals surface area contributed by atoms with Crippen LogP contribution < -0.4 is 5.32 Å². The molecule has 8 heteroatoms. The van der Waals surface area contributed by atoms with E-state index in [1.165, 1.54) is 6.07 Å². The molecular formula is C14H21NO5S2. The van der Waals surface area contributed by atoms with Crippen molar-refractivity contribution in [1.82, 2.24) is 5.32 Å². The molecule has 2 N–H and O–H groups in total. The molecule has 0 aromatic carbocycles. The van der Waals surface area contributed by atoms with Crippen molar-refractivity contribution < 1.29 is 23.1 Å². The van der Waals surface area contributed by atoms with Crippen LogP contribution in [0.5, 0.6) is 0 Å². The largest absolute Gasteiger partial charge is 0.480 e. The summed E-state index contributed by atoms with van der Waals surface area (Å²) in [7, 11) is -3.15. The highest BCUT2D eigenvalue weighted by atomic mass is 32.2. The van der Waals surface area contributed by atoms with Gasteiger partial charge >= 0.3 is 5.97 Å². The molecule has 0 saturated carbocycles. The summed E-state index contributed by atoms with van der Waals surface area (Å²) in [5.74, 6) is -1.82. The van der Waals surface area contributed by atoms with Gasteiger partial charge in [-0.25, -0.2) is 13.2 Å². The van der Waals surface area contributed by atoms with Gasteiger partial charge in [-0.2, -0.15) is 0 Å². The van der Waals surface area contributed by atoms with Crippen LogP contribution in [0, 0.1) is 5.92 Å². The number of nitrogens with one attached hydrogen (secondary N) is 1. The second-order valence-corrected chi connectivity index (χ2v) is 8.64. The number of thiophene rings is 1. The number of amides is 1. The zero-order valence-corrected chi connectivity index (χ0v) is 14.5. The summed E-state index contributed by atoms with van der Waals surface area (Å²) in [5.41, 5.74) is 0. The molecule has 0 aliphatic heterocycles. The fraction of sp³-hybridized carbons (Fsp3) is 0.571. The van der Waals surface area contributed by atoms with Crippen LogP contribution in [0.3, 0.4) is 0 Å². The molecule has 0 spiro atoms. The predicted molar refractivity (Wildman–Crippen MR) is 85.8 cm³/mol.